The zero-order valence-electron chi connectivity index (χ0n) is 12.8. The summed E-state index contributed by atoms with van der Waals surface area (Å²) in [4.78, 5) is 23.5. The molecule has 116 valence electrons. The van der Waals surface area contributed by atoms with Gasteiger partial charge in [0.2, 0.25) is 11.8 Å². The maximum absolute atomic E-state index is 12.1. The number of carbonyl (C=O) groups excluding carboxylic acids is 2. The van der Waals surface area contributed by atoms with Crippen molar-refractivity contribution in [3.05, 3.63) is 0 Å². The molecule has 0 saturated heterocycles. The summed E-state index contributed by atoms with van der Waals surface area (Å²) in [5.41, 5.74) is 5.59. The van der Waals surface area contributed by atoms with Gasteiger partial charge in [-0.3, -0.25) is 9.59 Å². The number of hydrogen-bond donors (Lipinski definition) is 3. The van der Waals surface area contributed by atoms with Crippen molar-refractivity contribution in [2.24, 2.45) is 17.6 Å². The van der Waals surface area contributed by atoms with Crippen LogP contribution in [0.3, 0.4) is 0 Å². The van der Waals surface area contributed by atoms with Crippen LogP contribution in [-0.4, -0.2) is 30.9 Å². The molecule has 0 bridgehead atoms. The summed E-state index contributed by atoms with van der Waals surface area (Å²) >= 11 is 0. The highest BCUT2D eigenvalue weighted by Crippen LogP contribution is 2.30. The van der Waals surface area contributed by atoms with E-state index in [4.69, 9.17) is 5.73 Å². The third-order valence-electron chi connectivity index (χ3n) is 3.83. The first-order chi connectivity index (χ1) is 9.52. The molecule has 1 aliphatic rings. The van der Waals surface area contributed by atoms with Crippen molar-refractivity contribution < 1.29 is 9.59 Å². The van der Waals surface area contributed by atoms with Gasteiger partial charge in [0, 0.05) is 24.9 Å². The fraction of sp³-hybridized carbons (Fsp3) is 0.867. The van der Waals surface area contributed by atoms with Crippen LogP contribution in [0.2, 0.25) is 0 Å². The third kappa shape index (κ3) is 6.37. The Bertz CT molecular complexity index is 316. The first kappa shape index (κ1) is 17.0. The maximum atomic E-state index is 12.1. The van der Waals surface area contributed by atoms with E-state index in [0.717, 1.165) is 25.7 Å². The minimum atomic E-state index is -0.00930. The SMILES string of the molecule is CC(C)NC(=O)CCNC(=O)C1CCCC(CCN)C1. The van der Waals surface area contributed by atoms with Crippen LogP contribution in [0.4, 0.5) is 0 Å². The average Bonchev–Trinajstić information content (AvgIpc) is 2.38. The molecule has 5 nitrogen and oxygen atoms in total. The van der Waals surface area contributed by atoms with Gasteiger partial charge in [-0.15, -0.1) is 0 Å². The van der Waals surface area contributed by atoms with E-state index < -0.39 is 0 Å². The molecule has 0 heterocycles. The van der Waals surface area contributed by atoms with Gasteiger partial charge < -0.3 is 16.4 Å². The Labute approximate surface area is 122 Å². The number of carbonyl (C=O) groups is 2. The van der Waals surface area contributed by atoms with Gasteiger partial charge in [-0.25, -0.2) is 0 Å². The fourth-order valence-electron chi connectivity index (χ4n) is 2.86. The smallest absolute Gasteiger partial charge is 0.223 e. The van der Waals surface area contributed by atoms with Crippen molar-refractivity contribution in [2.45, 2.75) is 58.4 Å². The van der Waals surface area contributed by atoms with Gasteiger partial charge >= 0.3 is 0 Å². The van der Waals surface area contributed by atoms with Crippen molar-refractivity contribution in [3.63, 3.8) is 0 Å². The van der Waals surface area contributed by atoms with Gasteiger partial charge in [0.05, 0.1) is 0 Å². The summed E-state index contributed by atoms with van der Waals surface area (Å²) in [6.07, 6.45) is 5.57. The number of rotatable bonds is 7. The van der Waals surface area contributed by atoms with Crippen molar-refractivity contribution in [1.29, 1.82) is 0 Å². The third-order valence-corrected chi connectivity index (χ3v) is 3.83. The molecule has 2 atom stereocenters. The van der Waals surface area contributed by atoms with Gasteiger partial charge in [0.1, 0.15) is 0 Å². The van der Waals surface area contributed by atoms with Gasteiger partial charge in [0.15, 0.2) is 0 Å². The summed E-state index contributed by atoms with van der Waals surface area (Å²) < 4.78 is 0. The number of hydrogen-bond acceptors (Lipinski definition) is 3. The van der Waals surface area contributed by atoms with E-state index in [9.17, 15) is 9.59 Å². The zero-order chi connectivity index (χ0) is 15.0. The lowest BCUT2D eigenvalue weighted by Gasteiger charge is -2.28. The number of amides is 2. The number of nitrogens with one attached hydrogen (secondary N) is 2. The second-order valence-electron chi connectivity index (χ2n) is 6.07. The maximum Gasteiger partial charge on any atom is 0.223 e. The van der Waals surface area contributed by atoms with Crippen LogP contribution in [0.15, 0.2) is 0 Å². The van der Waals surface area contributed by atoms with E-state index in [1.165, 1.54) is 6.42 Å². The van der Waals surface area contributed by atoms with Crippen LogP contribution in [0.5, 0.6) is 0 Å². The fourth-order valence-corrected chi connectivity index (χ4v) is 2.86. The Morgan fingerprint density at radius 1 is 1.30 bits per heavy atom. The Morgan fingerprint density at radius 2 is 2.05 bits per heavy atom. The van der Waals surface area contributed by atoms with Crippen LogP contribution in [0.25, 0.3) is 0 Å². The summed E-state index contributed by atoms with van der Waals surface area (Å²) in [6.45, 7) is 4.98. The van der Waals surface area contributed by atoms with Gasteiger partial charge in [-0.2, -0.15) is 0 Å². The predicted octanol–water partition coefficient (Wildman–Crippen LogP) is 1.17. The Morgan fingerprint density at radius 3 is 2.70 bits per heavy atom. The molecule has 0 aromatic rings. The molecule has 0 aromatic heterocycles. The minimum absolute atomic E-state index is 0.00930. The van der Waals surface area contributed by atoms with Crippen molar-refractivity contribution >= 4 is 11.8 Å². The van der Waals surface area contributed by atoms with E-state index in [1.807, 2.05) is 13.8 Å². The first-order valence-electron chi connectivity index (χ1n) is 7.80. The van der Waals surface area contributed by atoms with Crippen molar-refractivity contribution in [1.82, 2.24) is 10.6 Å². The topological polar surface area (TPSA) is 84.2 Å². The number of nitrogens with two attached hydrogens (primary N) is 1. The van der Waals surface area contributed by atoms with Crippen molar-refractivity contribution in [3.8, 4) is 0 Å². The lowest BCUT2D eigenvalue weighted by atomic mass is 9.79. The molecule has 1 saturated carbocycles. The summed E-state index contributed by atoms with van der Waals surface area (Å²) in [6, 6.07) is 0.147. The Balaban J connectivity index is 2.23. The Kier molecular flexibility index (Phi) is 7.59. The summed E-state index contributed by atoms with van der Waals surface area (Å²) in [5, 5.41) is 5.70. The van der Waals surface area contributed by atoms with Crippen LogP contribution in [0, 0.1) is 11.8 Å². The molecule has 1 rings (SSSR count). The molecule has 2 unspecified atom stereocenters. The zero-order valence-corrected chi connectivity index (χ0v) is 12.8. The van der Waals surface area contributed by atoms with E-state index in [1.54, 1.807) is 0 Å². The highest BCUT2D eigenvalue weighted by molar-refractivity contribution is 5.80. The van der Waals surface area contributed by atoms with Crippen LogP contribution in [-0.2, 0) is 9.59 Å². The van der Waals surface area contributed by atoms with E-state index in [2.05, 4.69) is 10.6 Å². The van der Waals surface area contributed by atoms with Gasteiger partial charge in [0.25, 0.3) is 0 Å². The van der Waals surface area contributed by atoms with Gasteiger partial charge in [-0.05, 0) is 45.6 Å². The molecule has 1 fully saturated rings. The molecule has 5 heteroatoms. The van der Waals surface area contributed by atoms with Crippen LogP contribution >= 0.6 is 0 Å². The lowest BCUT2D eigenvalue weighted by Crippen LogP contribution is -2.37. The molecular formula is C15H29N3O2. The molecule has 4 N–H and O–H groups in total. The largest absolute Gasteiger partial charge is 0.355 e. The van der Waals surface area contributed by atoms with E-state index in [-0.39, 0.29) is 23.8 Å². The molecule has 0 aromatic carbocycles. The van der Waals surface area contributed by atoms with Gasteiger partial charge in [-0.1, -0.05) is 12.8 Å². The summed E-state index contributed by atoms with van der Waals surface area (Å²) in [7, 11) is 0. The van der Waals surface area contributed by atoms with Crippen LogP contribution in [0.1, 0.15) is 52.4 Å². The monoisotopic (exact) mass is 283 g/mol. The minimum Gasteiger partial charge on any atom is -0.355 e. The highest BCUT2D eigenvalue weighted by atomic mass is 16.2. The quantitative estimate of drug-likeness (QED) is 0.656. The summed E-state index contributed by atoms with van der Waals surface area (Å²) in [5.74, 6) is 0.788. The molecule has 0 radical (unpaired) electrons. The molecule has 20 heavy (non-hydrogen) atoms. The van der Waals surface area contributed by atoms with E-state index in [0.29, 0.717) is 25.4 Å². The molecular weight excluding hydrogens is 254 g/mol. The molecule has 0 spiro atoms. The normalized spacial score (nSPS) is 22.6. The molecule has 0 aliphatic heterocycles. The highest BCUT2D eigenvalue weighted by Gasteiger charge is 2.26. The van der Waals surface area contributed by atoms with Crippen LogP contribution < -0.4 is 16.4 Å². The average molecular weight is 283 g/mol. The second-order valence-corrected chi connectivity index (χ2v) is 6.07. The lowest BCUT2D eigenvalue weighted by molar-refractivity contribution is -0.126. The molecule has 1 aliphatic carbocycles. The van der Waals surface area contributed by atoms with Crippen molar-refractivity contribution in [2.75, 3.05) is 13.1 Å². The van der Waals surface area contributed by atoms with E-state index >= 15 is 0 Å². The Hall–Kier alpha value is -1.10. The first-order valence-corrected chi connectivity index (χ1v) is 7.80. The predicted molar refractivity (Wildman–Crippen MR) is 80.0 cm³/mol. The second kappa shape index (κ2) is 8.95. The standard InChI is InChI=1S/C15H29N3O2/c1-11(2)18-14(19)7-9-17-15(20)13-5-3-4-12(10-13)6-8-16/h11-13H,3-10,16H2,1-2H3,(H,17,20)(H,18,19). The molecule has 2 amide bonds.